The van der Waals surface area contributed by atoms with Crippen molar-refractivity contribution in [2.75, 3.05) is 0 Å². The van der Waals surface area contributed by atoms with Gasteiger partial charge in [-0.2, -0.15) is 0 Å². The lowest BCUT2D eigenvalue weighted by Crippen LogP contribution is -2.04. The first-order valence-electron chi connectivity index (χ1n) is 4.98. The second-order valence-electron chi connectivity index (χ2n) is 3.78. The summed E-state index contributed by atoms with van der Waals surface area (Å²) in [5.41, 5.74) is 3.93. The molecule has 0 unspecified atom stereocenters. The average molecular weight is 190 g/mol. The fourth-order valence-electron chi connectivity index (χ4n) is 2.10. The van der Waals surface area contributed by atoms with E-state index in [1.165, 1.54) is 30.0 Å². The number of hydrogen-bond donors (Lipinski definition) is 0. The van der Waals surface area contributed by atoms with Crippen LogP contribution in [0.3, 0.4) is 0 Å². The molecule has 14 heavy (non-hydrogen) atoms. The van der Waals surface area contributed by atoms with E-state index in [4.69, 9.17) is 4.74 Å². The quantitative estimate of drug-likeness (QED) is 0.502. The fourth-order valence-corrected chi connectivity index (χ4v) is 2.10. The number of esters is 1. The predicted molar refractivity (Wildman–Crippen MR) is 54.5 cm³/mol. The summed E-state index contributed by atoms with van der Waals surface area (Å²) in [5.74, 6) is 0.526. The largest absolute Gasteiger partial charge is 0.426 e. The molecule has 74 valence electrons. The first-order chi connectivity index (χ1) is 6.68. The van der Waals surface area contributed by atoms with Crippen LogP contribution in [0.2, 0.25) is 0 Å². The molecule has 1 aromatic carbocycles. The number of aryl methyl sites for hydroxylation is 1. The smallest absolute Gasteiger partial charge is 0.308 e. The van der Waals surface area contributed by atoms with Gasteiger partial charge >= 0.3 is 5.97 Å². The molecule has 2 heteroatoms. The van der Waals surface area contributed by atoms with Gasteiger partial charge in [-0.05, 0) is 48.9 Å². The highest BCUT2D eigenvalue weighted by molar-refractivity contribution is 5.70. The molecule has 0 aromatic heterocycles. The van der Waals surface area contributed by atoms with Gasteiger partial charge in [0.15, 0.2) is 0 Å². The monoisotopic (exact) mass is 190 g/mol. The average Bonchev–Trinajstić information content (AvgIpc) is 2.58. The second kappa shape index (κ2) is 3.45. The van der Waals surface area contributed by atoms with Gasteiger partial charge in [-0.15, -0.1) is 0 Å². The lowest BCUT2D eigenvalue weighted by atomic mass is 10.0. The maximum absolute atomic E-state index is 10.9. The molecular weight excluding hydrogens is 176 g/mol. The number of fused-ring (bicyclic) bond motifs is 1. The molecule has 0 amide bonds. The number of hydrogen-bond acceptors (Lipinski definition) is 2. The van der Waals surface area contributed by atoms with Crippen molar-refractivity contribution in [3.05, 3.63) is 28.8 Å². The van der Waals surface area contributed by atoms with Gasteiger partial charge in [-0.3, -0.25) is 4.79 Å². The third-order valence-electron chi connectivity index (χ3n) is 2.73. The molecule has 2 rings (SSSR count). The lowest BCUT2D eigenvalue weighted by Gasteiger charge is -2.09. The van der Waals surface area contributed by atoms with Crippen LogP contribution in [0.25, 0.3) is 0 Å². The molecule has 0 radical (unpaired) electrons. The normalized spacial score (nSPS) is 13.9. The predicted octanol–water partition coefficient (Wildman–Crippen LogP) is 2.41. The maximum Gasteiger partial charge on any atom is 0.308 e. The minimum atomic E-state index is -0.233. The number of rotatable bonds is 1. The minimum absolute atomic E-state index is 0.233. The number of ether oxygens (including phenoxy) is 1. The Balaban J connectivity index is 2.43. The van der Waals surface area contributed by atoms with E-state index in [1.807, 2.05) is 12.1 Å². The summed E-state index contributed by atoms with van der Waals surface area (Å²) in [5, 5.41) is 0. The van der Waals surface area contributed by atoms with E-state index in [-0.39, 0.29) is 5.97 Å². The zero-order valence-corrected chi connectivity index (χ0v) is 8.59. The van der Waals surface area contributed by atoms with E-state index in [1.54, 1.807) is 0 Å². The Morgan fingerprint density at radius 2 is 2.00 bits per heavy atom. The SMILES string of the molecule is CC(=O)Oc1ccc(C)c2c1CCC2. The number of benzene rings is 1. The molecule has 0 N–H and O–H groups in total. The summed E-state index contributed by atoms with van der Waals surface area (Å²) in [6.07, 6.45) is 3.34. The topological polar surface area (TPSA) is 26.3 Å². The lowest BCUT2D eigenvalue weighted by molar-refractivity contribution is -0.131. The van der Waals surface area contributed by atoms with Gasteiger partial charge in [0.2, 0.25) is 0 Å². The van der Waals surface area contributed by atoms with Crippen molar-refractivity contribution < 1.29 is 9.53 Å². The third-order valence-corrected chi connectivity index (χ3v) is 2.73. The Morgan fingerprint density at radius 1 is 1.29 bits per heavy atom. The van der Waals surface area contributed by atoms with Crippen LogP contribution in [0.4, 0.5) is 0 Å². The summed E-state index contributed by atoms with van der Waals surface area (Å²) in [7, 11) is 0. The van der Waals surface area contributed by atoms with Crippen molar-refractivity contribution in [2.24, 2.45) is 0 Å². The van der Waals surface area contributed by atoms with Crippen LogP contribution >= 0.6 is 0 Å². The summed E-state index contributed by atoms with van der Waals surface area (Å²) >= 11 is 0. The molecule has 0 atom stereocenters. The standard InChI is InChI=1S/C12H14O2/c1-8-6-7-12(14-9(2)13)11-5-3-4-10(8)11/h6-7H,3-5H2,1-2H3. The minimum Gasteiger partial charge on any atom is -0.426 e. The second-order valence-corrected chi connectivity index (χ2v) is 3.78. The summed E-state index contributed by atoms with van der Waals surface area (Å²) in [6.45, 7) is 3.56. The van der Waals surface area contributed by atoms with Crippen LogP contribution in [0.1, 0.15) is 30.0 Å². The van der Waals surface area contributed by atoms with Gasteiger partial charge in [0, 0.05) is 6.92 Å². The Hall–Kier alpha value is -1.31. The van der Waals surface area contributed by atoms with Crippen LogP contribution in [-0.2, 0) is 17.6 Å². The van der Waals surface area contributed by atoms with E-state index >= 15 is 0 Å². The molecule has 0 aliphatic heterocycles. The molecule has 0 saturated carbocycles. The molecule has 0 fully saturated rings. The van der Waals surface area contributed by atoms with E-state index < -0.39 is 0 Å². The number of carbonyl (C=O) groups is 1. The highest BCUT2D eigenvalue weighted by Gasteiger charge is 2.18. The van der Waals surface area contributed by atoms with Crippen LogP contribution in [-0.4, -0.2) is 5.97 Å². The van der Waals surface area contributed by atoms with Crippen molar-refractivity contribution in [1.29, 1.82) is 0 Å². The highest BCUT2D eigenvalue weighted by Crippen LogP contribution is 2.32. The van der Waals surface area contributed by atoms with Crippen molar-refractivity contribution in [2.45, 2.75) is 33.1 Å². The molecule has 0 heterocycles. The zero-order chi connectivity index (χ0) is 10.1. The van der Waals surface area contributed by atoms with Crippen LogP contribution < -0.4 is 4.74 Å². The van der Waals surface area contributed by atoms with Gasteiger partial charge in [0.25, 0.3) is 0 Å². The first kappa shape index (κ1) is 9.25. The van der Waals surface area contributed by atoms with Gasteiger partial charge in [0.1, 0.15) is 5.75 Å². The first-order valence-corrected chi connectivity index (χ1v) is 4.98. The Labute approximate surface area is 83.9 Å². The number of carbonyl (C=O) groups excluding carboxylic acids is 1. The molecule has 2 nitrogen and oxygen atoms in total. The van der Waals surface area contributed by atoms with Crippen LogP contribution in [0, 0.1) is 6.92 Å². The molecule has 0 bridgehead atoms. The van der Waals surface area contributed by atoms with E-state index in [0.717, 1.165) is 18.6 Å². The molecule has 1 aromatic rings. The molecule has 0 saturated heterocycles. The van der Waals surface area contributed by atoms with Crippen molar-refractivity contribution >= 4 is 5.97 Å². The molecule has 1 aliphatic rings. The molecule has 1 aliphatic carbocycles. The van der Waals surface area contributed by atoms with Gasteiger partial charge in [-0.25, -0.2) is 0 Å². The van der Waals surface area contributed by atoms with Gasteiger partial charge in [0.05, 0.1) is 0 Å². The van der Waals surface area contributed by atoms with Crippen molar-refractivity contribution in [1.82, 2.24) is 0 Å². The molecule has 0 spiro atoms. The van der Waals surface area contributed by atoms with Crippen LogP contribution in [0.15, 0.2) is 12.1 Å². The maximum atomic E-state index is 10.9. The summed E-state index contributed by atoms with van der Waals surface area (Å²) in [6, 6.07) is 3.93. The zero-order valence-electron chi connectivity index (χ0n) is 8.59. The van der Waals surface area contributed by atoms with Crippen molar-refractivity contribution in [3.63, 3.8) is 0 Å². The summed E-state index contributed by atoms with van der Waals surface area (Å²) in [4.78, 5) is 10.9. The van der Waals surface area contributed by atoms with Gasteiger partial charge in [-0.1, -0.05) is 6.07 Å². The van der Waals surface area contributed by atoms with Crippen LogP contribution in [0.5, 0.6) is 5.75 Å². The third kappa shape index (κ3) is 1.52. The Morgan fingerprint density at radius 3 is 2.71 bits per heavy atom. The Bertz CT molecular complexity index is 380. The summed E-state index contributed by atoms with van der Waals surface area (Å²) < 4.78 is 5.17. The fraction of sp³-hybridized carbons (Fsp3) is 0.417. The molecular formula is C12H14O2. The van der Waals surface area contributed by atoms with E-state index in [2.05, 4.69) is 6.92 Å². The highest BCUT2D eigenvalue weighted by atomic mass is 16.5. The van der Waals surface area contributed by atoms with Gasteiger partial charge < -0.3 is 4.74 Å². The van der Waals surface area contributed by atoms with E-state index in [0.29, 0.717) is 0 Å². The van der Waals surface area contributed by atoms with E-state index in [9.17, 15) is 4.79 Å². The van der Waals surface area contributed by atoms with Crippen molar-refractivity contribution in [3.8, 4) is 5.75 Å². The Kier molecular flexibility index (Phi) is 2.28.